The van der Waals surface area contributed by atoms with Gasteiger partial charge in [-0.05, 0) is 74.3 Å². The van der Waals surface area contributed by atoms with Crippen molar-refractivity contribution in [3.8, 4) is 0 Å². The van der Waals surface area contributed by atoms with Crippen LogP contribution in [0.15, 0.2) is 83.0 Å². The molecule has 1 unspecified atom stereocenters. The Hall–Kier alpha value is -5.75. The molecule has 2 heterocycles. The van der Waals surface area contributed by atoms with Crippen molar-refractivity contribution in [1.29, 1.82) is 0 Å². The van der Waals surface area contributed by atoms with Crippen molar-refractivity contribution >= 4 is 41.4 Å². The molecule has 10 rings (SSSR count). The minimum absolute atomic E-state index is 0.0828. The SMILES string of the molecule is CC(=O)O[C@@]12CO[C@@H]1C[C@H](O)[C@@]1(C)C(=O)[C@H](O)C3=C(C)[C@@H](O)C[C@@](O)([C@@H](OC(=O)c4ccccc4)[C@H]21)C3(C)C.CC(=O)O[C@H]1C(=O)[C@@]2(C)C([C@H](OC(=O)c3ccccc3)[C@]3(O)C[C@H](O)C(C)=C1C3(C)C)[C@]1(OC(C)=O)CO[C@@H]1C[C@@H]2O. The van der Waals surface area contributed by atoms with Crippen LogP contribution in [-0.2, 0) is 57.1 Å². The lowest BCUT2D eigenvalue weighted by Crippen LogP contribution is -2.81. The van der Waals surface area contributed by atoms with Crippen molar-refractivity contribution in [2.75, 3.05) is 13.2 Å². The Morgan fingerprint density at radius 1 is 0.531 bits per heavy atom. The third-order valence-electron chi connectivity index (χ3n) is 20.2. The number of carbonyl (C=O) groups is 7. The van der Waals surface area contributed by atoms with Gasteiger partial charge in [0, 0.05) is 57.3 Å². The first kappa shape index (κ1) is 59.9. The van der Waals surface area contributed by atoms with Gasteiger partial charge in [0.25, 0.3) is 0 Å². The molecule has 2 aromatic carbocycles. The summed E-state index contributed by atoms with van der Waals surface area (Å²) < 4.78 is 41.2. The van der Waals surface area contributed by atoms with Gasteiger partial charge >= 0.3 is 29.8 Å². The molecular formula is C60H74O21. The number of hydrogen-bond donors (Lipinski definition) is 7. The highest BCUT2D eigenvalue weighted by molar-refractivity contribution is 5.96. The standard InChI is InChI=1S/C31H38O11.C29H36O10/c1-15-19(34)13-31(38)26(41-27(37)18-10-8-7-9-11-18)24-29(6,20(35)12-21-30(24,14-39-21)42-17(3)33)25(36)23(40-16(2)32)22(15)28(31,4)5;1-14-17(31)12-29(36)24(38-25(35)16-9-7-6-8-10-16)22-27(5,23(34)21(33)20(14)26(29,3)4)18(32)11-19-28(22,13-37-19)39-15(2)30/h7-11,19-21,23-24,26,34-35,38H,12-14H2,1-6H3;6-10,17-19,21-22,24,31-33,36H,11-13H2,1-5H3/t19-,20-,21+,23+,24?,26-,29+,30-,31+;17-,18-,19+,21+,22-,24-,27+,28-,29+/m00/s1. The van der Waals surface area contributed by atoms with Crippen LogP contribution < -0.4 is 0 Å². The van der Waals surface area contributed by atoms with Gasteiger partial charge in [-0.25, -0.2) is 9.59 Å². The molecule has 2 aliphatic heterocycles. The van der Waals surface area contributed by atoms with Gasteiger partial charge in [0.15, 0.2) is 28.9 Å². The fourth-order valence-electron chi connectivity index (χ4n) is 15.6. The van der Waals surface area contributed by atoms with E-state index in [2.05, 4.69) is 0 Å². The molecule has 7 N–H and O–H groups in total. The number of benzene rings is 2. The van der Waals surface area contributed by atoms with Crippen LogP contribution in [0.2, 0.25) is 0 Å². The number of aliphatic hydroxyl groups is 7. The van der Waals surface area contributed by atoms with Gasteiger partial charge in [0.05, 0.1) is 71.4 Å². The Morgan fingerprint density at radius 2 is 0.901 bits per heavy atom. The van der Waals surface area contributed by atoms with E-state index in [1.54, 1.807) is 77.9 Å². The lowest BCUT2D eigenvalue weighted by Gasteiger charge is -2.67. The number of aliphatic hydroxyl groups excluding tert-OH is 5. The fraction of sp³-hybridized carbons (Fsp3) is 0.617. The first-order valence-electron chi connectivity index (χ1n) is 27.3. The van der Waals surface area contributed by atoms with E-state index < -0.39 is 158 Å². The minimum Gasteiger partial charge on any atom is -0.455 e. The first-order chi connectivity index (χ1) is 37.6. The summed E-state index contributed by atoms with van der Waals surface area (Å²) in [5, 5.41) is 82.5. The monoisotopic (exact) mass is 1130 g/mol. The van der Waals surface area contributed by atoms with E-state index in [4.69, 9.17) is 33.2 Å². The van der Waals surface area contributed by atoms with E-state index in [0.29, 0.717) is 11.1 Å². The zero-order valence-corrected chi connectivity index (χ0v) is 47.3. The zero-order valence-electron chi connectivity index (χ0n) is 47.3. The van der Waals surface area contributed by atoms with E-state index in [9.17, 15) is 69.3 Å². The molecule has 2 saturated heterocycles. The van der Waals surface area contributed by atoms with Crippen LogP contribution in [0.25, 0.3) is 0 Å². The fourth-order valence-corrected chi connectivity index (χ4v) is 15.6. The Morgan fingerprint density at radius 3 is 1.26 bits per heavy atom. The summed E-state index contributed by atoms with van der Waals surface area (Å²) in [6.07, 6.45) is -14.5. The second-order valence-corrected chi connectivity index (χ2v) is 25.0. The summed E-state index contributed by atoms with van der Waals surface area (Å²) in [5.41, 5.74) is -12.6. The van der Waals surface area contributed by atoms with Crippen molar-refractivity contribution < 1.29 is 102 Å². The van der Waals surface area contributed by atoms with E-state index in [1.165, 1.54) is 52.0 Å². The van der Waals surface area contributed by atoms with Crippen molar-refractivity contribution in [3.63, 3.8) is 0 Å². The van der Waals surface area contributed by atoms with Crippen molar-refractivity contribution in [3.05, 3.63) is 94.1 Å². The van der Waals surface area contributed by atoms with Gasteiger partial charge in [0.1, 0.15) is 41.7 Å². The summed E-state index contributed by atoms with van der Waals surface area (Å²) in [4.78, 5) is 93.7. The molecule has 21 nitrogen and oxygen atoms in total. The quantitative estimate of drug-likeness (QED) is 0.119. The molecule has 21 heteroatoms. The number of esters is 5. The summed E-state index contributed by atoms with van der Waals surface area (Å²) in [6.45, 7) is 15.7. The van der Waals surface area contributed by atoms with E-state index in [-0.39, 0.29) is 61.2 Å². The second kappa shape index (κ2) is 20.3. The van der Waals surface area contributed by atoms with E-state index >= 15 is 0 Å². The highest BCUT2D eigenvalue weighted by atomic mass is 16.6. The summed E-state index contributed by atoms with van der Waals surface area (Å²) >= 11 is 0. The second-order valence-electron chi connectivity index (χ2n) is 25.0. The molecule has 6 aliphatic carbocycles. The Bertz CT molecular complexity index is 2990. The summed E-state index contributed by atoms with van der Waals surface area (Å²) in [7, 11) is 0. The Kier molecular flexibility index (Phi) is 15.0. The Balaban J connectivity index is 0.000000196. The normalized spacial score (nSPS) is 41.5. The van der Waals surface area contributed by atoms with Gasteiger partial charge in [-0.15, -0.1) is 0 Å². The van der Waals surface area contributed by atoms with Crippen LogP contribution in [0.4, 0.5) is 0 Å². The molecule has 0 spiro atoms. The topological polar surface area (TPSA) is 326 Å². The van der Waals surface area contributed by atoms with Crippen LogP contribution in [0.3, 0.4) is 0 Å². The molecule has 0 radical (unpaired) electrons. The Labute approximate surface area is 468 Å². The molecule has 0 amide bonds. The molecule has 6 fully saturated rings. The van der Waals surface area contributed by atoms with Crippen molar-refractivity contribution in [2.45, 2.75) is 185 Å². The van der Waals surface area contributed by atoms with Crippen LogP contribution in [-0.4, -0.2) is 174 Å². The predicted octanol–water partition coefficient (Wildman–Crippen LogP) is 2.73. The highest BCUT2D eigenvalue weighted by Gasteiger charge is 2.80. The first-order valence-corrected chi connectivity index (χ1v) is 27.3. The van der Waals surface area contributed by atoms with Crippen LogP contribution in [0.5, 0.6) is 0 Å². The van der Waals surface area contributed by atoms with Gasteiger partial charge in [-0.3, -0.25) is 24.0 Å². The van der Waals surface area contributed by atoms with Gasteiger partial charge in [-0.1, -0.05) is 64.1 Å². The molecule has 81 heavy (non-hydrogen) atoms. The summed E-state index contributed by atoms with van der Waals surface area (Å²) in [5.74, 6) is -8.02. The summed E-state index contributed by atoms with van der Waals surface area (Å²) in [6, 6.07) is 16.1. The van der Waals surface area contributed by atoms with Crippen LogP contribution in [0.1, 0.15) is 123 Å². The third-order valence-corrected chi connectivity index (χ3v) is 20.2. The third kappa shape index (κ3) is 8.60. The maximum Gasteiger partial charge on any atom is 0.338 e. The molecular weight excluding hydrogens is 1060 g/mol. The maximum absolute atomic E-state index is 14.8. The smallest absolute Gasteiger partial charge is 0.338 e. The number of hydrogen-bond acceptors (Lipinski definition) is 21. The number of ketones is 2. The highest BCUT2D eigenvalue weighted by Crippen LogP contribution is 2.66. The minimum atomic E-state index is -2.11. The molecule has 4 saturated carbocycles. The average Bonchev–Trinajstić information content (AvgIpc) is 3.39. The number of fused-ring (bicyclic) bond motifs is 10. The predicted molar refractivity (Wildman–Crippen MR) is 280 cm³/mol. The average molecular weight is 1130 g/mol. The van der Waals surface area contributed by atoms with Crippen molar-refractivity contribution in [1.82, 2.24) is 0 Å². The molecule has 2 aromatic rings. The van der Waals surface area contributed by atoms with E-state index in [1.807, 2.05) is 0 Å². The number of rotatable bonds is 7. The molecule has 4 bridgehead atoms. The number of Topliss-reactive ketones (excluding diaryl/α,β-unsaturated/α-hetero) is 2. The van der Waals surface area contributed by atoms with Gasteiger partial charge in [-0.2, -0.15) is 0 Å². The molecule has 8 aliphatic rings. The van der Waals surface area contributed by atoms with Crippen LogP contribution in [0, 0.1) is 33.5 Å². The number of ether oxygens (including phenoxy) is 7. The van der Waals surface area contributed by atoms with Gasteiger partial charge < -0.3 is 68.9 Å². The van der Waals surface area contributed by atoms with Crippen LogP contribution >= 0.6 is 0 Å². The molecule has 440 valence electrons. The lowest BCUT2D eigenvalue weighted by molar-refractivity contribution is -0.345. The number of carbonyl (C=O) groups excluding carboxylic acids is 7. The maximum atomic E-state index is 14.8. The molecule has 18 atom stereocenters. The van der Waals surface area contributed by atoms with Crippen molar-refractivity contribution in [2.24, 2.45) is 33.5 Å². The van der Waals surface area contributed by atoms with Gasteiger partial charge in [0.2, 0.25) is 0 Å². The molecule has 0 aromatic heterocycles. The van der Waals surface area contributed by atoms with E-state index in [0.717, 1.165) is 6.92 Å². The zero-order chi connectivity index (χ0) is 59.7. The lowest BCUT2D eigenvalue weighted by atomic mass is 9.44. The largest absolute Gasteiger partial charge is 0.455 e.